The number of aromatic nitrogens is 1. The van der Waals surface area contributed by atoms with E-state index in [0.29, 0.717) is 17.4 Å². The second kappa shape index (κ2) is 8.07. The molecule has 1 unspecified atom stereocenters. The second-order valence-corrected chi connectivity index (χ2v) is 7.78. The van der Waals surface area contributed by atoms with Gasteiger partial charge in [-0.05, 0) is 18.7 Å². The minimum atomic E-state index is -3.56. The Balaban J connectivity index is 2.83. The van der Waals surface area contributed by atoms with Crippen LogP contribution in [0.4, 0.5) is 5.82 Å². The van der Waals surface area contributed by atoms with Crippen molar-refractivity contribution in [3.63, 3.8) is 0 Å². The zero-order chi connectivity index (χ0) is 15.2. The highest BCUT2D eigenvalue weighted by molar-refractivity contribution is 7.99. The van der Waals surface area contributed by atoms with E-state index in [1.54, 1.807) is 11.8 Å². The molecule has 0 aromatic carbocycles. The van der Waals surface area contributed by atoms with Gasteiger partial charge in [0.2, 0.25) is 10.0 Å². The highest BCUT2D eigenvalue weighted by Crippen LogP contribution is 2.22. The van der Waals surface area contributed by atoms with E-state index in [9.17, 15) is 8.42 Å². The number of halogens is 1. The van der Waals surface area contributed by atoms with Crippen molar-refractivity contribution < 1.29 is 8.42 Å². The Morgan fingerprint density at radius 2 is 2.20 bits per heavy atom. The molecule has 0 aliphatic heterocycles. The smallest absolute Gasteiger partial charge is 0.242 e. The molecule has 1 heterocycles. The van der Waals surface area contributed by atoms with Gasteiger partial charge < -0.3 is 5.32 Å². The van der Waals surface area contributed by atoms with E-state index in [-0.39, 0.29) is 10.1 Å². The Bertz CT molecular complexity index is 538. The Morgan fingerprint density at radius 3 is 2.75 bits per heavy atom. The Labute approximate surface area is 129 Å². The number of rotatable bonds is 8. The first kappa shape index (κ1) is 17.6. The van der Waals surface area contributed by atoms with Crippen LogP contribution in [0, 0.1) is 0 Å². The van der Waals surface area contributed by atoms with Crippen LogP contribution in [-0.4, -0.2) is 38.0 Å². The third kappa shape index (κ3) is 5.12. The summed E-state index contributed by atoms with van der Waals surface area (Å²) in [7, 11) is -3.56. The predicted octanol–water partition coefficient (Wildman–Crippen LogP) is 2.59. The summed E-state index contributed by atoms with van der Waals surface area (Å²) in [5.74, 6) is 0.505. The van der Waals surface area contributed by atoms with E-state index in [4.69, 9.17) is 11.6 Å². The standard InChI is InChI=1S/C12H20ClN3O2S2/c1-4-5-14-12-11(13)6-10(8-15-12)20(17,18)16-7-9(2)19-3/h6,8-9,16H,4-5,7H2,1-3H3,(H,14,15). The SMILES string of the molecule is CCCNc1ncc(S(=O)(=O)NCC(C)SC)cc1Cl. The number of anilines is 1. The first-order valence-electron chi connectivity index (χ1n) is 6.32. The van der Waals surface area contributed by atoms with Crippen LogP contribution < -0.4 is 10.0 Å². The van der Waals surface area contributed by atoms with Gasteiger partial charge in [-0.3, -0.25) is 0 Å². The molecule has 0 saturated carbocycles. The molecule has 114 valence electrons. The molecule has 0 saturated heterocycles. The van der Waals surface area contributed by atoms with E-state index in [1.165, 1.54) is 12.3 Å². The molecule has 0 fully saturated rings. The minimum absolute atomic E-state index is 0.0813. The van der Waals surface area contributed by atoms with Crippen LogP contribution in [0.1, 0.15) is 20.3 Å². The lowest BCUT2D eigenvalue weighted by Crippen LogP contribution is -2.29. The number of sulfonamides is 1. The third-order valence-corrected chi connectivity index (χ3v) is 5.28. The molecule has 1 aromatic rings. The lowest BCUT2D eigenvalue weighted by atomic mass is 10.4. The van der Waals surface area contributed by atoms with Gasteiger partial charge in [0.15, 0.2) is 0 Å². The van der Waals surface area contributed by atoms with Gasteiger partial charge in [0.1, 0.15) is 10.7 Å². The van der Waals surface area contributed by atoms with E-state index in [1.807, 2.05) is 20.1 Å². The Kier molecular flexibility index (Phi) is 7.08. The van der Waals surface area contributed by atoms with Gasteiger partial charge in [-0.1, -0.05) is 25.4 Å². The molecule has 0 spiro atoms. The zero-order valence-electron chi connectivity index (χ0n) is 11.8. The zero-order valence-corrected chi connectivity index (χ0v) is 14.2. The molecule has 0 amide bonds. The molecule has 1 aromatic heterocycles. The van der Waals surface area contributed by atoms with Crippen LogP contribution >= 0.6 is 23.4 Å². The van der Waals surface area contributed by atoms with Gasteiger partial charge in [0.05, 0.1) is 5.02 Å². The molecule has 1 rings (SSSR count). The number of thioether (sulfide) groups is 1. The van der Waals surface area contributed by atoms with Crippen LogP contribution in [-0.2, 0) is 10.0 Å². The van der Waals surface area contributed by atoms with Crippen LogP contribution in [0.5, 0.6) is 0 Å². The van der Waals surface area contributed by atoms with Crippen LogP contribution in [0.15, 0.2) is 17.2 Å². The molecule has 20 heavy (non-hydrogen) atoms. The second-order valence-electron chi connectivity index (χ2n) is 4.33. The molecule has 0 aliphatic carbocycles. The highest BCUT2D eigenvalue weighted by Gasteiger charge is 2.17. The average molecular weight is 338 g/mol. The molecule has 5 nitrogen and oxygen atoms in total. The van der Waals surface area contributed by atoms with Crippen molar-refractivity contribution in [2.75, 3.05) is 24.7 Å². The van der Waals surface area contributed by atoms with Crippen LogP contribution in [0.25, 0.3) is 0 Å². The molecule has 0 aliphatic rings. The first-order chi connectivity index (χ1) is 9.40. The lowest BCUT2D eigenvalue weighted by Gasteiger charge is -2.12. The van der Waals surface area contributed by atoms with Crippen LogP contribution in [0.3, 0.4) is 0 Å². The van der Waals surface area contributed by atoms with Crippen molar-refractivity contribution >= 4 is 39.2 Å². The van der Waals surface area contributed by atoms with Crippen LogP contribution in [0.2, 0.25) is 5.02 Å². The Morgan fingerprint density at radius 1 is 1.50 bits per heavy atom. The normalized spacial score (nSPS) is 13.2. The minimum Gasteiger partial charge on any atom is -0.369 e. The van der Waals surface area contributed by atoms with Crippen molar-refractivity contribution in [3.8, 4) is 0 Å². The Hall–Kier alpha value is -0.500. The summed E-state index contributed by atoms with van der Waals surface area (Å²) in [6, 6.07) is 1.42. The number of pyridine rings is 1. The fourth-order valence-corrected chi connectivity index (χ4v) is 3.09. The largest absolute Gasteiger partial charge is 0.369 e. The first-order valence-corrected chi connectivity index (χ1v) is 9.47. The molecule has 2 N–H and O–H groups in total. The maximum Gasteiger partial charge on any atom is 0.242 e. The maximum atomic E-state index is 12.1. The molecule has 0 radical (unpaired) electrons. The summed E-state index contributed by atoms with van der Waals surface area (Å²) in [5.41, 5.74) is 0. The average Bonchev–Trinajstić information content (AvgIpc) is 2.43. The van der Waals surface area contributed by atoms with Gasteiger partial charge in [-0.25, -0.2) is 18.1 Å². The third-order valence-electron chi connectivity index (χ3n) is 2.63. The number of nitrogens with one attached hydrogen (secondary N) is 2. The quantitative estimate of drug-likeness (QED) is 0.763. The molecule has 0 bridgehead atoms. The van der Waals surface area contributed by atoms with Gasteiger partial charge >= 0.3 is 0 Å². The fraction of sp³-hybridized carbons (Fsp3) is 0.583. The highest BCUT2D eigenvalue weighted by atomic mass is 35.5. The summed E-state index contributed by atoms with van der Waals surface area (Å²) in [5, 5.41) is 3.55. The van der Waals surface area contributed by atoms with Gasteiger partial charge in [-0.15, -0.1) is 0 Å². The molecule has 1 atom stereocenters. The summed E-state index contributed by atoms with van der Waals surface area (Å²) < 4.78 is 26.7. The summed E-state index contributed by atoms with van der Waals surface area (Å²) >= 11 is 7.64. The predicted molar refractivity (Wildman–Crippen MR) is 86.2 cm³/mol. The van der Waals surface area contributed by atoms with E-state index >= 15 is 0 Å². The topological polar surface area (TPSA) is 71.1 Å². The molecular weight excluding hydrogens is 318 g/mol. The van der Waals surface area contributed by atoms with E-state index in [0.717, 1.165) is 13.0 Å². The van der Waals surface area contributed by atoms with E-state index < -0.39 is 10.0 Å². The van der Waals surface area contributed by atoms with Gasteiger partial charge in [0.25, 0.3) is 0 Å². The van der Waals surface area contributed by atoms with Crippen molar-refractivity contribution in [1.29, 1.82) is 0 Å². The number of nitrogens with zero attached hydrogens (tertiary/aromatic N) is 1. The molecular formula is C12H20ClN3O2S2. The molecule has 8 heteroatoms. The number of hydrogen-bond acceptors (Lipinski definition) is 5. The van der Waals surface area contributed by atoms with Crippen molar-refractivity contribution in [2.45, 2.75) is 30.4 Å². The van der Waals surface area contributed by atoms with Gasteiger partial charge in [-0.2, -0.15) is 11.8 Å². The van der Waals surface area contributed by atoms with Gasteiger partial charge in [0, 0.05) is 24.5 Å². The number of hydrogen-bond donors (Lipinski definition) is 2. The van der Waals surface area contributed by atoms with Crippen molar-refractivity contribution in [2.24, 2.45) is 0 Å². The summed E-state index contributed by atoms with van der Waals surface area (Å²) in [6.07, 6.45) is 4.19. The maximum absolute atomic E-state index is 12.1. The lowest BCUT2D eigenvalue weighted by molar-refractivity contribution is 0.581. The van der Waals surface area contributed by atoms with E-state index in [2.05, 4.69) is 15.0 Å². The van der Waals surface area contributed by atoms with Crippen molar-refractivity contribution in [1.82, 2.24) is 9.71 Å². The summed E-state index contributed by atoms with van der Waals surface area (Å²) in [4.78, 5) is 4.14. The van der Waals surface area contributed by atoms with Crippen molar-refractivity contribution in [3.05, 3.63) is 17.3 Å². The fourth-order valence-electron chi connectivity index (χ4n) is 1.33. The summed E-state index contributed by atoms with van der Waals surface area (Å²) in [6.45, 7) is 5.09. The monoisotopic (exact) mass is 337 g/mol.